The molecule has 0 aliphatic rings. The standard InChI is InChI=1S/C15H18FN3O/c1-2-13-14(16)15(18-10-17-13)19-12(9-20)8-11-6-4-3-5-7-11/h3-7,10,12,20H,2,8-9H2,1H3,(H,17,18,19)/t12-/m1/s1. The van der Waals surface area contributed by atoms with E-state index in [4.69, 9.17) is 0 Å². The molecule has 0 saturated heterocycles. The summed E-state index contributed by atoms with van der Waals surface area (Å²) in [5.41, 5.74) is 1.45. The van der Waals surface area contributed by atoms with Crippen molar-refractivity contribution in [2.45, 2.75) is 25.8 Å². The topological polar surface area (TPSA) is 58.0 Å². The van der Waals surface area contributed by atoms with Gasteiger partial charge < -0.3 is 10.4 Å². The lowest BCUT2D eigenvalue weighted by molar-refractivity contribution is 0.273. The molecule has 0 aliphatic heterocycles. The molecule has 2 aromatic rings. The molecule has 2 rings (SSSR count). The highest BCUT2D eigenvalue weighted by atomic mass is 19.1. The third kappa shape index (κ3) is 3.51. The molecular formula is C15H18FN3O. The summed E-state index contributed by atoms with van der Waals surface area (Å²) in [4.78, 5) is 7.79. The molecule has 0 aliphatic carbocycles. The van der Waals surface area contributed by atoms with E-state index < -0.39 is 5.82 Å². The van der Waals surface area contributed by atoms with Gasteiger partial charge in [0.05, 0.1) is 18.3 Å². The lowest BCUT2D eigenvalue weighted by Gasteiger charge is -2.17. The number of aromatic nitrogens is 2. The lowest BCUT2D eigenvalue weighted by atomic mass is 10.1. The SMILES string of the molecule is CCc1ncnc(N[C@@H](CO)Cc2ccccc2)c1F. The maximum Gasteiger partial charge on any atom is 0.186 e. The van der Waals surface area contributed by atoms with Crippen molar-refractivity contribution in [2.75, 3.05) is 11.9 Å². The average molecular weight is 275 g/mol. The van der Waals surface area contributed by atoms with E-state index in [1.807, 2.05) is 37.3 Å². The van der Waals surface area contributed by atoms with Crippen molar-refractivity contribution in [2.24, 2.45) is 0 Å². The third-order valence-electron chi connectivity index (χ3n) is 3.08. The summed E-state index contributed by atoms with van der Waals surface area (Å²) < 4.78 is 14.0. The first-order valence-corrected chi connectivity index (χ1v) is 6.65. The third-order valence-corrected chi connectivity index (χ3v) is 3.08. The van der Waals surface area contributed by atoms with Crippen LogP contribution >= 0.6 is 0 Å². The Hall–Kier alpha value is -2.01. The number of aryl methyl sites for hydroxylation is 1. The molecule has 0 spiro atoms. The summed E-state index contributed by atoms with van der Waals surface area (Å²) in [6, 6.07) is 9.46. The quantitative estimate of drug-likeness (QED) is 0.848. The van der Waals surface area contributed by atoms with Crippen molar-refractivity contribution < 1.29 is 9.50 Å². The molecule has 106 valence electrons. The van der Waals surface area contributed by atoms with Crippen molar-refractivity contribution >= 4 is 5.82 Å². The van der Waals surface area contributed by atoms with Crippen molar-refractivity contribution in [1.29, 1.82) is 0 Å². The highest BCUT2D eigenvalue weighted by molar-refractivity contribution is 5.39. The Balaban J connectivity index is 2.10. The molecule has 0 bridgehead atoms. The van der Waals surface area contributed by atoms with E-state index in [1.54, 1.807) is 0 Å². The number of anilines is 1. The Bertz CT molecular complexity index is 548. The number of hydrogen-bond acceptors (Lipinski definition) is 4. The van der Waals surface area contributed by atoms with Crippen LogP contribution < -0.4 is 5.32 Å². The van der Waals surface area contributed by atoms with Gasteiger partial charge in [-0.05, 0) is 18.4 Å². The van der Waals surface area contributed by atoms with Gasteiger partial charge in [-0.25, -0.2) is 14.4 Å². The Kier molecular flexibility index (Phi) is 5.01. The van der Waals surface area contributed by atoms with Crippen LogP contribution in [0.5, 0.6) is 0 Å². The number of nitrogens with zero attached hydrogens (tertiary/aromatic N) is 2. The number of rotatable bonds is 6. The van der Waals surface area contributed by atoms with Crippen molar-refractivity contribution in [3.8, 4) is 0 Å². The van der Waals surface area contributed by atoms with Crippen LogP contribution in [-0.2, 0) is 12.8 Å². The molecule has 1 aromatic carbocycles. The average Bonchev–Trinajstić information content (AvgIpc) is 2.49. The van der Waals surface area contributed by atoms with E-state index in [-0.39, 0.29) is 18.5 Å². The van der Waals surface area contributed by atoms with Gasteiger partial charge in [0.15, 0.2) is 11.6 Å². The molecule has 0 radical (unpaired) electrons. The number of hydrogen-bond donors (Lipinski definition) is 2. The van der Waals surface area contributed by atoms with Crippen LogP contribution in [0.2, 0.25) is 0 Å². The summed E-state index contributed by atoms with van der Waals surface area (Å²) >= 11 is 0. The zero-order valence-electron chi connectivity index (χ0n) is 11.4. The number of aliphatic hydroxyl groups is 1. The Morgan fingerprint density at radius 3 is 2.65 bits per heavy atom. The number of halogens is 1. The van der Waals surface area contributed by atoms with Gasteiger partial charge >= 0.3 is 0 Å². The minimum Gasteiger partial charge on any atom is -0.394 e. The molecule has 0 saturated carbocycles. The first kappa shape index (κ1) is 14.4. The molecule has 1 aromatic heterocycles. The van der Waals surface area contributed by atoms with Crippen LogP contribution in [0.4, 0.5) is 10.2 Å². The minimum absolute atomic E-state index is 0.0974. The molecule has 0 unspecified atom stereocenters. The van der Waals surface area contributed by atoms with Crippen molar-refractivity contribution in [3.05, 3.63) is 53.7 Å². The van der Waals surface area contributed by atoms with Crippen molar-refractivity contribution in [3.63, 3.8) is 0 Å². The Morgan fingerprint density at radius 2 is 2.00 bits per heavy atom. The monoisotopic (exact) mass is 275 g/mol. The van der Waals surface area contributed by atoms with E-state index in [0.29, 0.717) is 18.5 Å². The smallest absolute Gasteiger partial charge is 0.186 e. The van der Waals surface area contributed by atoms with Crippen LogP contribution in [-0.4, -0.2) is 27.7 Å². The van der Waals surface area contributed by atoms with E-state index in [1.165, 1.54) is 6.33 Å². The summed E-state index contributed by atoms with van der Waals surface area (Å²) in [5, 5.41) is 12.4. The highest BCUT2D eigenvalue weighted by Gasteiger charge is 2.14. The van der Waals surface area contributed by atoms with Crippen LogP contribution in [0, 0.1) is 5.82 Å². The molecule has 0 fully saturated rings. The van der Waals surface area contributed by atoms with Gasteiger partial charge in [-0.1, -0.05) is 37.3 Å². The van der Waals surface area contributed by atoms with Crippen LogP contribution in [0.1, 0.15) is 18.2 Å². The van der Waals surface area contributed by atoms with Gasteiger partial charge in [0, 0.05) is 0 Å². The zero-order chi connectivity index (χ0) is 14.4. The van der Waals surface area contributed by atoms with E-state index >= 15 is 0 Å². The summed E-state index contributed by atoms with van der Waals surface area (Å²) in [5.74, 6) is -0.298. The van der Waals surface area contributed by atoms with Crippen LogP contribution in [0.15, 0.2) is 36.7 Å². The molecule has 20 heavy (non-hydrogen) atoms. The number of nitrogens with one attached hydrogen (secondary N) is 1. The first-order chi connectivity index (χ1) is 9.74. The maximum atomic E-state index is 14.0. The highest BCUT2D eigenvalue weighted by Crippen LogP contribution is 2.15. The fourth-order valence-corrected chi connectivity index (χ4v) is 2.01. The zero-order valence-corrected chi connectivity index (χ0v) is 11.4. The molecule has 5 heteroatoms. The number of benzene rings is 1. The molecule has 1 heterocycles. The first-order valence-electron chi connectivity index (χ1n) is 6.65. The van der Waals surface area contributed by atoms with Crippen LogP contribution in [0.3, 0.4) is 0 Å². The Labute approximate surface area is 117 Å². The molecule has 1 atom stereocenters. The van der Waals surface area contributed by atoms with Gasteiger partial charge in [0.1, 0.15) is 6.33 Å². The maximum absolute atomic E-state index is 14.0. The summed E-state index contributed by atoms with van der Waals surface area (Å²) in [7, 11) is 0. The second-order valence-electron chi connectivity index (χ2n) is 4.55. The predicted molar refractivity (Wildman–Crippen MR) is 76.0 cm³/mol. The fraction of sp³-hybridized carbons (Fsp3) is 0.333. The van der Waals surface area contributed by atoms with Gasteiger partial charge in [-0.2, -0.15) is 0 Å². The fourth-order valence-electron chi connectivity index (χ4n) is 2.01. The molecular weight excluding hydrogens is 257 g/mol. The predicted octanol–water partition coefficient (Wildman–Crippen LogP) is 2.19. The van der Waals surface area contributed by atoms with E-state index in [9.17, 15) is 9.50 Å². The van der Waals surface area contributed by atoms with Gasteiger partial charge in [-0.15, -0.1) is 0 Å². The van der Waals surface area contributed by atoms with E-state index in [0.717, 1.165) is 5.56 Å². The second-order valence-corrected chi connectivity index (χ2v) is 4.55. The molecule has 4 nitrogen and oxygen atoms in total. The second kappa shape index (κ2) is 6.96. The molecule has 0 amide bonds. The van der Waals surface area contributed by atoms with Gasteiger partial charge in [0.2, 0.25) is 0 Å². The normalized spacial score (nSPS) is 12.2. The van der Waals surface area contributed by atoms with E-state index in [2.05, 4.69) is 15.3 Å². The lowest BCUT2D eigenvalue weighted by Crippen LogP contribution is -2.27. The minimum atomic E-state index is -0.443. The van der Waals surface area contributed by atoms with Crippen molar-refractivity contribution in [1.82, 2.24) is 9.97 Å². The van der Waals surface area contributed by atoms with Gasteiger partial charge in [0.25, 0.3) is 0 Å². The van der Waals surface area contributed by atoms with Crippen LogP contribution in [0.25, 0.3) is 0 Å². The largest absolute Gasteiger partial charge is 0.394 e. The number of aliphatic hydroxyl groups excluding tert-OH is 1. The molecule has 2 N–H and O–H groups in total. The summed E-state index contributed by atoms with van der Waals surface area (Å²) in [6.07, 6.45) is 2.44. The van der Waals surface area contributed by atoms with Gasteiger partial charge in [-0.3, -0.25) is 0 Å². The Morgan fingerprint density at radius 1 is 1.25 bits per heavy atom. The summed E-state index contributed by atoms with van der Waals surface area (Å²) in [6.45, 7) is 1.74.